The number of aryl methyl sites for hydroxylation is 2. The Morgan fingerprint density at radius 3 is 2.82 bits per heavy atom. The molecule has 0 aliphatic heterocycles. The van der Waals surface area contributed by atoms with Crippen molar-refractivity contribution >= 4 is 0 Å². The van der Waals surface area contributed by atoms with E-state index in [2.05, 4.69) is 16.0 Å². The van der Waals surface area contributed by atoms with E-state index in [4.69, 9.17) is 4.74 Å². The Morgan fingerprint density at radius 1 is 1.06 bits per heavy atom. The topological polar surface area (TPSA) is 35.0 Å². The molecule has 86 valence electrons. The molecule has 0 radical (unpaired) electrons. The van der Waals surface area contributed by atoms with Gasteiger partial charge in [0, 0.05) is 0 Å². The first-order valence-corrected chi connectivity index (χ1v) is 5.58. The highest BCUT2D eigenvalue weighted by Gasteiger charge is 2.11. The fourth-order valence-electron chi connectivity index (χ4n) is 2.11. The Hall–Kier alpha value is -1.97. The minimum Gasteiger partial charge on any atom is -0.439 e. The molecule has 2 aromatic rings. The second-order valence-corrected chi connectivity index (χ2v) is 4.07. The number of benzene rings is 1. The summed E-state index contributed by atoms with van der Waals surface area (Å²) < 4.78 is 18.4. The van der Waals surface area contributed by atoms with Gasteiger partial charge in [-0.15, -0.1) is 0 Å². The molecule has 3 rings (SSSR count). The van der Waals surface area contributed by atoms with Crippen LogP contribution in [-0.4, -0.2) is 9.97 Å². The van der Waals surface area contributed by atoms with Crippen LogP contribution in [0.1, 0.15) is 17.5 Å². The molecule has 0 saturated carbocycles. The van der Waals surface area contributed by atoms with Gasteiger partial charge in [0.1, 0.15) is 12.1 Å². The standard InChI is InChI=1S/C13H11FN2O/c14-12-7-13(16-8-15-12)17-11-5-4-9-2-1-3-10(9)6-11/h4-8H,1-3H2. The average Bonchev–Trinajstić information content (AvgIpc) is 2.76. The molecule has 3 nitrogen and oxygen atoms in total. The lowest BCUT2D eigenvalue weighted by Gasteiger charge is -2.06. The molecule has 0 atom stereocenters. The first kappa shape index (κ1) is 10.2. The molecular weight excluding hydrogens is 219 g/mol. The molecular formula is C13H11FN2O. The van der Waals surface area contributed by atoms with E-state index in [1.165, 1.54) is 23.6 Å². The summed E-state index contributed by atoms with van der Waals surface area (Å²) in [5, 5.41) is 0. The van der Waals surface area contributed by atoms with Crippen molar-refractivity contribution in [2.75, 3.05) is 0 Å². The van der Waals surface area contributed by atoms with E-state index < -0.39 is 5.95 Å². The summed E-state index contributed by atoms with van der Waals surface area (Å²) in [6, 6.07) is 7.13. The van der Waals surface area contributed by atoms with Crippen LogP contribution in [0.3, 0.4) is 0 Å². The van der Waals surface area contributed by atoms with Gasteiger partial charge in [-0.25, -0.2) is 9.97 Å². The third-order valence-electron chi connectivity index (χ3n) is 2.90. The molecule has 1 aromatic carbocycles. The third-order valence-corrected chi connectivity index (χ3v) is 2.90. The maximum Gasteiger partial charge on any atom is 0.225 e. The van der Waals surface area contributed by atoms with Crippen LogP contribution in [0, 0.1) is 5.95 Å². The molecule has 0 amide bonds. The Kier molecular flexibility index (Phi) is 2.48. The minimum atomic E-state index is -0.587. The van der Waals surface area contributed by atoms with Crippen molar-refractivity contribution in [2.45, 2.75) is 19.3 Å². The van der Waals surface area contributed by atoms with E-state index >= 15 is 0 Å². The van der Waals surface area contributed by atoms with Gasteiger partial charge in [0.2, 0.25) is 11.8 Å². The highest BCUT2D eigenvalue weighted by Crippen LogP contribution is 2.28. The zero-order valence-electron chi connectivity index (χ0n) is 9.19. The lowest BCUT2D eigenvalue weighted by Crippen LogP contribution is -1.92. The molecule has 1 aromatic heterocycles. The number of ether oxygens (including phenoxy) is 1. The lowest BCUT2D eigenvalue weighted by molar-refractivity contribution is 0.450. The van der Waals surface area contributed by atoms with Crippen molar-refractivity contribution < 1.29 is 9.13 Å². The predicted octanol–water partition coefficient (Wildman–Crippen LogP) is 2.90. The fourth-order valence-corrected chi connectivity index (χ4v) is 2.11. The van der Waals surface area contributed by atoms with E-state index in [-0.39, 0.29) is 5.88 Å². The van der Waals surface area contributed by atoms with Gasteiger partial charge in [0.05, 0.1) is 6.07 Å². The molecule has 0 N–H and O–H groups in total. The monoisotopic (exact) mass is 230 g/mol. The highest BCUT2D eigenvalue weighted by molar-refractivity contribution is 5.39. The van der Waals surface area contributed by atoms with Crippen molar-refractivity contribution in [3.63, 3.8) is 0 Å². The summed E-state index contributed by atoms with van der Waals surface area (Å²) in [5.41, 5.74) is 2.70. The van der Waals surface area contributed by atoms with Gasteiger partial charge in [-0.1, -0.05) is 6.07 Å². The van der Waals surface area contributed by atoms with Gasteiger partial charge in [-0.3, -0.25) is 0 Å². The molecule has 0 saturated heterocycles. The molecule has 1 aliphatic carbocycles. The summed E-state index contributed by atoms with van der Waals surface area (Å²) in [5.74, 6) is 0.343. The SMILES string of the molecule is Fc1cc(Oc2ccc3c(c2)CCC3)ncn1. The predicted molar refractivity (Wildman–Crippen MR) is 60.5 cm³/mol. The van der Waals surface area contributed by atoms with Crippen molar-refractivity contribution in [1.29, 1.82) is 0 Å². The van der Waals surface area contributed by atoms with Crippen molar-refractivity contribution in [3.8, 4) is 11.6 Å². The smallest absolute Gasteiger partial charge is 0.225 e. The van der Waals surface area contributed by atoms with Crippen LogP contribution >= 0.6 is 0 Å². The second-order valence-electron chi connectivity index (χ2n) is 4.07. The van der Waals surface area contributed by atoms with Gasteiger partial charge >= 0.3 is 0 Å². The molecule has 0 spiro atoms. The largest absolute Gasteiger partial charge is 0.439 e. The van der Waals surface area contributed by atoms with E-state index in [0.29, 0.717) is 5.75 Å². The fraction of sp³-hybridized carbons (Fsp3) is 0.231. The zero-order valence-corrected chi connectivity index (χ0v) is 9.19. The average molecular weight is 230 g/mol. The third kappa shape index (κ3) is 2.11. The molecule has 0 bridgehead atoms. The van der Waals surface area contributed by atoms with Gasteiger partial charge in [0.25, 0.3) is 0 Å². The maximum absolute atomic E-state index is 12.9. The van der Waals surface area contributed by atoms with Gasteiger partial charge in [-0.2, -0.15) is 4.39 Å². The first-order chi connectivity index (χ1) is 8.31. The van der Waals surface area contributed by atoms with E-state index in [1.54, 1.807) is 0 Å². The van der Waals surface area contributed by atoms with Gasteiger partial charge < -0.3 is 4.74 Å². The molecule has 0 fully saturated rings. The Bertz CT molecular complexity index is 557. The number of nitrogens with zero attached hydrogens (tertiary/aromatic N) is 2. The van der Waals surface area contributed by atoms with Crippen molar-refractivity contribution in [1.82, 2.24) is 9.97 Å². The number of hydrogen-bond acceptors (Lipinski definition) is 3. The summed E-state index contributed by atoms with van der Waals surface area (Å²) in [7, 11) is 0. The molecule has 1 aliphatic rings. The highest BCUT2D eigenvalue weighted by atomic mass is 19.1. The summed E-state index contributed by atoms with van der Waals surface area (Å²) in [4.78, 5) is 7.24. The lowest BCUT2D eigenvalue weighted by atomic mass is 10.1. The van der Waals surface area contributed by atoms with Crippen molar-refractivity contribution in [3.05, 3.63) is 47.7 Å². The normalized spacial score (nSPS) is 13.5. The molecule has 17 heavy (non-hydrogen) atoms. The number of aromatic nitrogens is 2. The maximum atomic E-state index is 12.9. The summed E-state index contributed by atoms with van der Waals surface area (Å²) in [6.45, 7) is 0. The summed E-state index contributed by atoms with van der Waals surface area (Å²) in [6.07, 6.45) is 4.57. The van der Waals surface area contributed by atoms with E-state index in [9.17, 15) is 4.39 Å². The van der Waals surface area contributed by atoms with Crippen LogP contribution in [0.25, 0.3) is 0 Å². The molecule has 1 heterocycles. The summed E-state index contributed by atoms with van der Waals surface area (Å²) >= 11 is 0. The minimum absolute atomic E-state index is 0.232. The number of fused-ring (bicyclic) bond motifs is 1. The van der Waals surface area contributed by atoms with Crippen LogP contribution in [0.2, 0.25) is 0 Å². The van der Waals surface area contributed by atoms with Crippen LogP contribution < -0.4 is 4.74 Å². The van der Waals surface area contributed by atoms with Crippen LogP contribution in [0.15, 0.2) is 30.6 Å². The van der Waals surface area contributed by atoms with Crippen LogP contribution in [0.5, 0.6) is 11.6 Å². The van der Waals surface area contributed by atoms with E-state index in [1.807, 2.05) is 12.1 Å². The van der Waals surface area contributed by atoms with Crippen molar-refractivity contribution in [2.24, 2.45) is 0 Å². The van der Waals surface area contributed by atoms with Crippen LogP contribution in [-0.2, 0) is 12.8 Å². The quantitative estimate of drug-likeness (QED) is 0.744. The van der Waals surface area contributed by atoms with Gasteiger partial charge in [0.15, 0.2) is 0 Å². The number of rotatable bonds is 2. The second kappa shape index (κ2) is 4.13. The zero-order chi connectivity index (χ0) is 11.7. The number of halogens is 1. The molecule has 4 heteroatoms. The van der Waals surface area contributed by atoms with E-state index in [0.717, 1.165) is 19.2 Å². The Morgan fingerprint density at radius 2 is 1.94 bits per heavy atom. The molecule has 0 unspecified atom stereocenters. The number of hydrogen-bond donors (Lipinski definition) is 0. The Balaban J connectivity index is 1.86. The van der Waals surface area contributed by atoms with Gasteiger partial charge in [-0.05, 0) is 42.5 Å². The Labute approximate surface area is 98.3 Å². The first-order valence-electron chi connectivity index (χ1n) is 5.58. The van der Waals surface area contributed by atoms with Crippen LogP contribution in [0.4, 0.5) is 4.39 Å².